The highest BCUT2D eigenvalue weighted by Crippen LogP contribution is 2.17. The van der Waals surface area contributed by atoms with Crippen LogP contribution in [-0.4, -0.2) is 45.0 Å². The molecule has 1 fully saturated rings. The number of hydrogen-bond donors (Lipinski definition) is 1. The Kier molecular flexibility index (Phi) is 6.62. The Hall–Kier alpha value is -1.60. The lowest BCUT2D eigenvalue weighted by molar-refractivity contribution is -0.132. The third-order valence-electron chi connectivity index (χ3n) is 4.07. The summed E-state index contributed by atoms with van der Waals surface area (Å²) >= 11 is 0. The van der Waals surface area contributed by atoms with Crippen LogP contribution in [0.1, 0.15) is 39.5 Å². The lowest BCUT2D eigenvalue weighted by Gasteiger charge is -2.24. The van der Waals surface area contributed by atoms with Gasteiger partial charge in [-0.1, -0.05) is 12.8 Å². The van der Waals surface area contributed by atoms with Gasteiger partial charge in [-0.3, -0.25) is 4.79 Å². The number of hydrogen-bond acceptors (Lipinski definition) is 4. The molecule has 1 unspecified atom stereocenters. The quantitative estimate of drug-likeness (QED) is 0.849. The maximum Gasteiger partial charge on any atom is 0.241 e. The number of benzene rings is 1. The van der Waals surface area contributed by atoms with Crippen LogP contribution in [0.2, 0.25) is 0 Å². The first kappa shape index (κ1) is 18.7. The average molecular weight is 354 g/mol. The maximum absolute atomic E-state index is 12.5. The second-order valence-corrected chi connectivity index (χ2v) is 7.70. The normalized spacial score (nSPS) is 17.2. The van der Waals surface area contributed by atoms with Crippen molar-refractivity contribution in [2.45, 2.75) is 50.5 Å². The Balaban J connectivity index is 2.02. The number of nitrogens with zero attached hydrogens (tertiary/aromatic N) is 1. The van der Waals surface area contributed by atoms with Crippen molar-refractivity contribution in [2.24, 2.45) is 0 Å². The molecule has 7 heteroatoms. The average Bonchev–Trinajstić information content (AvgIpc) is 2.84. The van der Waals surface area contributed by atoms with E-state index in [0.29, 0.717) is 25.4 Å². The smallest absolute Gasteiger partial charge is 0.241 e. The Morgan fingerprint density at radius 1 is 1.17 bits per heavy atom. The van der Waals surface area contributed by atoms with Gasteiger partial charge in [0, 0.05) is 13.1 Å². The minimum absolute atomic E-state index is 0.126. The van der Waals surface area contributed by atoms with E-state index in [2.05, 4.69) is 4.72 Å². The van der Waals surface area contributed by atoms with Gasteiger partial charge in [0.2, 0.25) is 15.9 Å². The number of ether oxygens (including phenoxy) is 1. The molecule has 0 radical (unpaired) electrons. The molecule has 1 heterocycles. The summed E-state index contributed by atoms with van der Waals surface area (Å²) in [6.07, 6.45) is 4.19. The molecule has 0 aromatic heterocycles. The van der Waals surface area contributed by atoms with Crippen molar-refractivity contribution in [1.82, 2.24) is 9.62 Å². The van der Waals surface area contributed by atoms with Gasteiger partial charge < -0.3 is 9.64 Å². The zero-order chi connectivity index (χ0) is 17.6. The number of carbonyl (C=O) groups is 1. The molecule has 0 bridgehead atoms. The molecule has 1 aliphatic rings. The highest BCUT2D eigenvalue weighted by atomic mass is 32.2. The molecular formula is C17H26N2O4S. The lowest BCUT2D eigenvalue weighted by Crippen LogP contribution is -2.47. The van der Waals surface area contributed by atoms with Crippen molar-refractivity contribution in [3.8, 4) is 5.75 Å². The molecule has 1 aromatic rings. The summed E-state index contributed by atoms with van der Waals surface area (Å²) < 4.78 is 32.7. The summed E-state index contributed by atoms with van der Waals surface area (Å²) in [6.45, 7) is 5.38. The predicted molar refractivity (Wildman–Crippen MR) is 92.4 cm³/mol. The molecule has 1 N–H and O–H groups in total. The second kappa shape index (κ2) is 8.48. The summed E-state index contributed by atoms with van der Waals surface area (Å²) in [7, 11) is -3.74. The van der Waals surface area contributed by atoms with Crippen LogP contribution in [-0.2, 0) is 14.8 Å². The fraction of sp³-hybridized carbons (Fsp3) is 0.588. The topological polar surface area (TPSA) is 75.7 Å². The van der Waals surface area contributed by atoms with Crippen molar-refractivity contribution in [1.29, 1.82) is 0 Å². The molecule has 1 aromatic carbocycles. The molecule has 1 aliphatic heterocycles. The van der Waals surface area contributed by atoms with Gasteiger partial charge in [-0.15, -0.1) is 0 Å². The molecule has 2 rings (SSSR count). The van der Waals surface area contributed by atoms with Crippen LogP contribution >= 0.6 is 0 Å². The highest BCUT2D eigenvalue weighted by molar-refractivity contribution is 7.89. The van der Waals surface area contributed by atoms with E-state index in [4.69, 9.17) is 4.74 Å². The third-order valence-corrected chi connectivity index (χ3v) is 5.62. The molecule has 24 heavy (non-hydrogen) atoms. The first-order chi connectivity index (χ1) is 11.4. The Morgan fingerprint density at radius 2 is 1.75 bits per heavy atom. The van der Waals surface area contributed by atoms with Crippen LogP contribution < -0.4 is 9.46 Å². The Bertz CT molecular complexity index is 635. The number of rotatable bonds is 6. The monoisotopic (exact) mass is 354 g/mol. The van der Waals surface area contributed by atoms with E-state index >= 15 is 0 Å². The van der Waals surface area contributed by atoms with Crippen molar-refractivity contribution < 1.29 is 17.9 Å². The minimum atomic E-state index is -3.74. The van der Waals surface area contributed by atoms with Crippen LogP contribution in [0.4, 0.5) is 0 Å². The van der Waals surface area contributed by atoms with E-state index in [-0.39, 0.29) is 10.8 Å². The number of likely N-dealkylation sites (tertiary alicyclic amines) is 1. The van der Waals surface area contributed by atoms with E-state index < -0.39 is 16.1 Å². The fourth-order valence-electron chi connectivity index (χ4n) is 2.80. The van der Waals surface area contributed by atoms with Gasteiger partial charge in [-0.25, -0.2) is 8.42 Å². The van der Waals surface area contributed by atoms with E-state index in [1.807, 2.05) is 6.92 Å². The van der Waals surface area contributed by atoms with Gasteiger partial charge in [-0.05, 0) is 51.0 Å². The van der Waals surface area contributed by atoms with Gasteiger partial charge in [0.1, 0.15) is 5.75 Å². The lowest BCUT2D eigenvalue weighted by atomic mass is 10.2. The van der Waals surface area contributed by atoms with Crippen molar-refractivity contribution in [3.63, 3.8) is 0 Å². The molecule has 0 aliphatic carbocycles. The second-order valence-electron chi connectivity index (χ2n) is 5.99. The molecule has 0 spiro atoms. The first-order valence-electron chi connectivity index (χ1n) is 8.48. The Morgan fingerprint density at radius 3 is 2.29 bits per heavy atom. The number of sulfonamides is 1. The van der Waals surface area contributed by atoms with Crippen molar-refractivity contribution >= 4 is 15.9 Å². The van der Waals surface area contributed by atoms with E-state index in [0.717, 1.165) is 25.7 Å². The number of carbonyl (C=O) groups excluding carboxylic acids is 1. The summed E-state index contributed by atoms with van der Waals surface area (Å²) in [4.78, 5) is 14.4. The van der Waals surface area contributed by atoms with Gasteiger partial charge in [0.15, 0.2) is 0 Å². The minimum Gasteiger partial charge on any atom is -0.494 e. The SMILES string of the molecule is CCOc1ccc(S(=O)(=O)NC(C)C(=O)N2CCCCCC2)cc1. The molecule has 1 amide bonds. The number of amides is 1. The summed E-state index contributed by atoms with van der Waals surface area (Å²) in [5.74, 6) is 0.455. The summed E-state index contributed by atoms with van der Waals surface area (Å²) in [6, 6.07) is 5.41. The van der Waals surface area contributed by atoms with Gasteiger partial charge in [0.25, 0.3) is 0 Å². The first-order valence-corrected chi connectivity index (χ1v) is 9.96. The molecule has 6 nitrogen and oxygen atoms in total. The van der Waals surface area contributed by atoms with Crippen LogP contribution in [0.15, 0.2) is 29.2 Å². The number of nitrogens with one attached hydrogen (secondary N) is 1. The Labute approximate surface area is 144 Å². The molecule has 134 valence electrons. The zero-order valence-electron chi connectivity index (χ0n) is 14.3. The van der Waals surface area contributed by atoms with E-state index in [9.17, 15) is 13.2 Å². The predicted octanol–water partition coefficient (Wildman–Crippen LogP) is 2.15. The van der Waals surface area contributed by atoms with Crippen molar-refractivity contribution in [2.75, 3.05) is 19.7 Å². The standard InChI is InChI=1S/C17H26N2O4S/c1-3-23-15-8-10-16(11-9-15)24(21,22)18-14(2)17(20)19-12-6-4-5-7-13-19/h8-11,14,18H,3-7,12-13H2,1-2H3. The van der Waals surface area contributed by atoms with Gasteiger partial charge in [-0.2, -0.15) is 4.72 Å². The largest absolute Gasteiger partial charge is 0.494 e. The van der Waals surface area contributed by atoms with Crippen LogP contribution in [0, 0.1) is 0 Å². The molecule has 1 atom stereocenters. The molecule has 0 saturated carbocycles. The zero-order valence-corrected chi connectivity index (χ0v) is 15.1. The van der Waals surface area contributed by atoms with Crippen LogP contribution in [0.25, 0.3) is 0 Å². The molecular weight excluding hydrogens is 328 g/mol. The molecule has 1 saturated heterocycles. The van der Waals surface area contributed by atoms with Gasteiger partial charge in [0.05, 0.1) is 17.5 Å². The fourth-order valence-corrected chi connectivity index (χ4v) is 3.99. The van der Waals surface area contributed by atoms with Crippen LogP contribution in [0.3, 0.4) is 0 Å². The third kappa shape index (κ3) is 4.95. The van der Waals surface area contributed by atoms with Crippen LogP contribution in [0.5, 0.6) is 5.75 Å². The maximum atomic E-state index is 12.5. The highest BCUT2D eigenvalue weighted by Gasteiger charge is 2.26. The van der Waals surface area contributed by atoms with Gasteiger partial charge >= 0.3 is 0 Å². The van der Waals surface area contributed by atoms with Crippen molar-refractivity contribution in [3.05, 3.63) is 24.3 Å². The summed E-state index contributed by atoms with van der Waals surface area (Å²) in [5.41, 5.74) is 0. The van der Waals surface area contributed by atoms with E-state index in [1.165, 1.54) is 12.1 Å². The summed E-state index contributed by atoms with van der Waals surface area (Å²) in [5, 5.41) is 0. The van der Waals surface area contributed by atoms with E-state index in [1.54, 1.807) is 24.0 Å².